The molecule has 1 aromatic heterocycles. The highest BCUT2D eigenvalue weighted by atomic mass is 35.5. The average molecular weight is 469 g/mol. The maximum Gasteiger partial charge on any atom is 0.341 e. The van der Waals surface area contributed by atoms with Crippen molar-refractivity contribution in [2.24, 2.45) is 0 Å². The van der Waals surface area contributed by atoms with E-state index in [2.05, 4.69) is 33.2 Å². The Balaban J connectivity index is 1.88. The molecule has 1 aliphatic rings. The highest BCUT2D eigenvalue weighted by molar-refractivity contribution is 6.30. The van der Waals surface area contributed by atoms with Crippen molar-refractivity contribution in [1.82, 2.24) is 9.88 Å². The molecule has 174 valence electrons. The molecule has 0 atom stereocenters. The van der Waals surface area contributed by atoms with Gasteiger partial charge in [-0.1, -0.05) is 17.7 Å². The van der Waals surface area contributed by atoms with Crippen molar-refractivity contribution in [3.8, 4) is 5.75 Å². The molecule has 1 aliphatic heterocycles. The van der Waals surface area contributed by atoms with Crippen LogP contribution < -0.4 is 15.0 Å². The maximum atomic E-state index is 12.8. The number of esters is 1. The third-order valence-corrected chi connectivity index (χ3v) is 5.92. The summed E-state index contributed by atoms with van der Waals surface area (Å²) in [5, 5.41) is 4.81. The molecule has 0 aliphatic carbocycles. The first kappa shape index (κ1) is 23.1. The van der Waals surface area contributed by atoms with Gasteiger partial charge in [0.25, 0.3) is 0 Å². The van der Waals surface area contributed by atoms with E-state index in [4.69, 9.17) is 21.1 Å². The second-order valence-electron chi connectivity index (χ2n) is 7.96. The number of hydrogen-bond donors (Lipinski definition) is 1. The van der Waals surface area contributed by atoms with Crippen LogP contribution in [0.4, 0.5) is 17.1 Å². The van der Waals surface area contributed by atoms with E-state index in [1.807, 2.05) is 37.3 Å². The van der Waals surface area contributed by atoms with Crippen LogP contribution in [-0.4, -0.2) is 62.3 Å². The van der Waals surface area contributed by atoms with Gasteiger partial charge in [0.2, 0.25) is 0 Å². The van der Waals surface area contributed by atoms with Gasteiger partial charge in [0.15, 0.2) is 0 Å². The number of anilines is 3. The Hall–Kier alpha value is -3.03. The highest BCUT2D eigenvalue weighted by Gasteiger charge is 2.22. The van der Waals surface area contributed by atoms with Crippen molar-refractivity contribution < 1.29 is 14.3 Å². The molecule has 1 fully saturated rings. The standard InChI is InChI=1S/C25H29ClN4O3/c1-4-32-23-15-21-19(14-22(23)30-11-9-29(3)10-12-30)24(20(16-27-21)25(31)33-5-2)28-18-8-6-7-17(26)13-18/h6-8,13-16H,4-5,9-12H2,1-3H3,(H,27,28). The average Bonchev–Trinajstić information content (AvgIpc) is 2.80. The molecular weight excluding hydrogens is 440 g/mol. The molecule has 3 aromatic rings. The van der Waals surface area contributed by atoms with E-state index in [-0.39, 0.29) is 6.61 Å². The van der Waals surface area contributed by atoms with Gasteiger partial charge in [-0.2, -0.15) is 0 Å². The van der Waals surface area contributed by atoms with Gasteiger partial charge in [-0.15, -0.1) is 0 Å². The minimum atomic E-state index is -0.425. The summed E-state index contributed by atoms with van der Waals surface area (Å²) in [7, 11) is 2.13. The van der Waals surface area contributed by atoms with Crippen LogP contribution in [0.3, 0.4) is 0 Å². The normalized spacial score (nSPS) is 14.4. The molecule has 2 aromatic carbocycles. The van der Waals surface area contributed by atoms with Crippen LogP contribution in [0.1, 0.15) is 24.2 Å². The fraction of sp³-hybridized carbons (Fsp3) is 0.360. The number of nitrogens with zero attached hydrogens (tertiary/aromatic N) is 3. The van der Waals surface area contributed by atoms with E-state index in [0.717, 1.165) is 54.2 Å². The Bertz CT molecular complexity index is 1150. The van der Waals surface area contributed by atoms with Crippen LogP contribution in [-0.2, 0) is 4.74 Å². The molecule has 4 rings (SSSR count). The summed E-state index contributed by atoms with van der Waals surface area (Å²) in [6.45, 7) is 8.33. The lowest BCUT2D eigenvalue weighted by Crippen LogP contribution is -2.44. The zero-order chi connectivity index (χ0) is 23.4. The number of rotatable bonds is 7. The molecule has 2 heterocycles. The minimum absolute atomic E-state index is 0.281. The lowest BCUT2D eigenvalue weighted by Gasteiger charge is -2.35. The number of hydrogen-bond acceptors (Lipinski definition) is 7. The number of likely N-dealkylation sites (N-methyl/N-ethyl adjacent to an activating group) is 1. The van der Waals surface area contributed by atoms with Crippen LogP contribution >= 0.6 is 11.6 Å². The van der Waals surface area contributed by atoms with Crippen molar-refractivity contribution in [3.05, 3.63) is 53.2 Å². The minimum Gasteiger partial charge on any atom is -0.492 e. The number of carbonyl (C=O) groups is 1. The summed E-state index contributed by atoms with van der Waals surface area (Å²) in [5.74, 6) is 0.367. The molecule has 0 radical (unpaired) electrons. The number of pyridine rings is 1. The van der Waals surface area contributed by atoms with Gasteiger partial charge in [0.1, 0.15) is 11.3 Å². The Kier molecular flexibility index (Phi) is 7.20. The molecule has 8 heteroatoms. The van der Waals surface area contributed by atoms with Crippen molar-refractivity contribution >= 4 is 45.5 Å². The van der Waals surface area contributed by atoms with E-state index in [1.54, 1.807) is 13.1 Å². The first-order valence-electron chi connectivity index (χ1n) is 11.2. The van der Waals surface area contributed by atoms with E-state index in [1.165, 1.54) is 0 Å². The number of fused-ring (bicyclic) bond motifs is 1. The van der Waals surface area contributed by atoms with Crippen molar-refractivity contribution in [2.75, 3.05) is 56.7 Å². The van der Waals surface area contributed by atoms with Crippen LogP contribution in [0.25, 0.3) is 10.9 Å². The van der Waals surface area contributed by atoms with Gasteiger partial charge in [-0.25, -0.2) is 4.79 Å². The third kappa shape index (κ3) is 5.15. The molecule has 1 saturated heterocycles. The van der Waals surface area contributed by atoms with Gasteiger partial charge in [0.05, 0.1) is 30.1 Å². The summed E-state index contributed by atoms with van der Waals surface area (Å²) in [6, 6.07) is 11.4. The van der Waals surface area contributed by atoms with Gasteiger partial charge in [-0.3, -0.25) is 4.98 Å². The van der Waals surface area contributed by atoms with Crippen LogP contribution in [0.5, 0.6) is 5.75 Å². The smallest absolute Gasteiger partial charge is 0.341 e. The summed E-state index contributed by atoms with van der Waals surface area (Å²) in [6.07, 6.45) is 1.55. The highest BCUT2D eigenvalue weighted by Crippen LogP contribution is 2.38. The molecule has 0 spiro atoms. The Labute approximate surface area is 199 Å². The summed E-state index contributed by atoms with van der Waals surface area (Å²) < 4.78 is 11.3. The summed E-state index contributed by atoms with van der Waals surface area (Å²) >= 11 is 6.20. The lowest BCUT2D eigenvalue weighted by molar-refractivity contribution is 0.0527. The van der Waals surface area contributed by atoms with Gasteiger partial charge in [0, 0.05) is 54.5 Å². The van der Waals surface area contributed by atoms with Gasteiger partial charge < -0.3 is 24.6 Å². The molecular formula is C25H29ClN4O3. The number of carbonyl (C=O) groups excluding carboxylic acids is 1. The Morgan fingerprint density at radius 3 is 2.61 bits per heavy atom. The molecule has 1 N–H and O–H groups in total. The third-order valence-electron chi connectivity index (χ3n) is 5.68. The molecule has 33 heavy (non-hydrogen) atoms. The van der Waals surface area contributed by atoms with Crippen LogP contribution in [0.2, 0.25) is 5.02 Å². The largest absolute Gasteiger partial charge is 0.492 e. The topological polar surface area (TPSA) is 66.9 Å². The zero-order valence-electron chi connectivity index (χ0n) is 19.2. The Morgan fingerprint density at radius 1 is 1.12 bits per heavy atom. The predicted molar refractivity (Wildman–Crippen MR) is 133 cm³/mol. The van der Waals surface area contributed by atoms with Gasteiger partial charge in [-0.05, 0) is 45.2 Å². The first-order valence-corrected chi connectivity index (χ1v) is 11.6. The molecule has 7 nitrogen and oxygen atoms in total. The quantitative estimate of drug-likeness (QED) is 0.491. The monoisotopic (exact) mass is 468 g/mol. The number of benzene rings is 2. The van der Waals surface area contributed by atoms with Crippen molar-refractivity contribution in [3.63, 3.8) is 0 Å². The van der Waals surface area contributed by atoms with Crippen molar-refractivity contribution in [2.45, 2.75) is 13.8 Å². The van der Waals surface area contributed by atoms with E-state index >= 15 is 0 Å². The molecule has 0 unspecified atom stereocenters. The Morgan fingerprint density at radius 2 is 1.91 bits per heavy atom. The number of ether oxygens (including phenoxy) is 2. The second-order valence-corrected chi connectivity index (χ2v) is 8.40. The fourth-order valence-electron chi connectivity index (χ4n) is 3.98. The lowest BCUT2D eigenvalue weighted by atomic mass is 10.1. The summed E-state index contributed by atoms with van der Waals surface area (Å²) in [5.41, 5.74) is 3.51. The SMILES string of the molecule is CCOC(=O)c1cnc2cc(OCC)c(N3CCN(C)CC3)cc2c1Nc1cccc(Cl)c1. The predicted octanol–water partition coefficient (Wildman–Crippen LogP) is 4.96. The number of piperazine rings is 1. The van der Waals surface area contributed by atoms with Crippen LogP contribution in [0.15, 0.2) is 42.6 Å². The number of halogens is 1. The molecule has 0 bridgehead atoms. The first-order chi connectivity index (χ1) is 16.0. The van der Waals surface area contributed by atoms with E-state index in [9.17, 15) is 4.79 Å². The number of aromatic nitrogens is 1. The van der Waals surface area contributed by atoms with Crippen LogP contribution in [0, 0.1) is 0 Å². The summed E-state index contributed by atoms with van der Waals surface area (Å²) in [4.78, 5) is 22.0. The molecule has 0 amide bonds. The van der Waals surface area contributed by atoms with Gasteiger partial charge >= 0.3 is 5.97 Å². The van der Waals surface area contributed by atoms with Crippen molar-refractivity contribution in [1.29, 1.82) is 0 Å². The molecule has 0 saturated carbocycles. The second kappa shape index (κ2) is 10.3. The fourth-order valence-corrected chi connectivity index (χ4v) is 4.17. The zero-order valence-corrected chi connectivity index (χ0v) is 20.0. The number of nitrogens with one attached hydrogen (secondary N) is 1. The van der Waals surface area contributed by atoms with E-state index in [0.29, 0.717) is 22.9 Å². The maximum absolute atomic E-state index is 12.8. The van der Waals surface area contributed by atoms with E-state index < -0.39 is 5.97 Å².